The number of amides is 1. The lowest BCUT2D eigenvalue weighted by molar-refractivity contribution is 0.0783. The van der Waals surface area contributed by atoms with Gasteiger partial charge in [-0.3, -0.25) is 4.79 Å². The van der Waals surface area contributed by atoms with Crippen LogP contribution in [0.3, 0.4) is 0 Å². The van der Waals surface area contributed by atoms with Gasteiger partial charge in [-0.1, -0.05) is 24.4 Å². The fraction of sp³-hybridized carbons (Fsp3) is 0.450. The molecule has 1 saturated heterocycles. The Labute approximate surface area is 181 Å². The predicted octanol–water partition coefficient (Wildman–Crippen LogP) is 4.25. The molecule has 0 bridgehead atoms. The highest BCUT2D eigenvalue weighted by molar-refractivity contribution is 7.89. The van der Waals surface area contributed by atoms with Gasteiger partial charge >= 0.3 is 0 Å². The van der Waals surface area contributed by atoms with Gasteiger partial charge in [0, 0.05) is 25.0 Å². The Balaban J connectivity index is 1.88. The topological polar surface area (TPSA) is 66.9 Å². The minimum absolute atomic E-state index is 0.121. The lowest BCUT2D eigenvalue weighted by atomic mass is 10.1. The van der Waals surface area contributed by atoms with Gasteiger partial charge < -0.3 is 9.64 Å². The minimum atomic E-state index is -3.66. The predicted molar refractivity (Wildman–Crippen MR) is 115 cm³/mol. The molecule has 0 radical (unpaired) electrons. The van der Waals surface area contributed by atoms with Crippen LogP contribution in [0.25, 0.3) is 0 Å². The second kappa shape index (κ2) is 9.47. The van der Waals surface area contributed by atoms with Crippen molar-refractivity contribution >= 4 is 38.9 Å². The summed E-state index contributed by atoms with van der Waals surface area (Å²) in [7, 11) is -0.518. The summed E-state index contributed by atoms with van der Waals surface area (Å²) in [5, 5.41) is 0. The average Bonchev–Trinajstić information content (AvgIpc) is 2.95. The van der Waals surface area contributed by atoms with Crippen LogP contribution in [0.15, 0.2) is 35.2 Å². The molecule has 9 heteroatoms. The summed E-state index contributed by atoms with van der Waals surface area (Å²) < 4.78 is 33.8. The molecule has 0 unspecified atom stereocenters. The molecule has 1 aliphatic rings. The maximum atomic E-state index is 13.1. The zero-order valence-electron chi connectivity index (χ0n) is 16.6. The standard InChI is InChI=1S/C20H25ClN2O4S2/c1-22(14-15-7-10-19(21)28-15)20(24)17-13-16(8-9-18(17)27-2)29(25,26)23-11-5-3-4-6-12-23/h7-10,13H,3-6,11-12,14H2,1-2H3. The molecule has 1 amide bonds. The van der Waals surface area contributed by atoms with E-state index in [9.17, 15) is 13.2 Å². The van der Waals surface area contributed by atoms with Gasteiger partial charge in [0.05, 0.1) is 28.4 Å². The number of sulfonamides is 1. The third kappa shape index (κ3) is 5.12. The number of halogens is 1. The molecule has 1 fully saturated rings. The van der Waals surface area contributed by atoms with Crippen LogP contribution < -0.4 is 4.74 Å². The molecule has 0 saturated carbocycles. The molecular weight excluding hydrogens is 432 g/mol. The summed E-state index contributed by atoms with van der Waals surface area (Å²) in [5.41, 5.74) is 0.230. The van der Waals surface area contributed by atoms with E-state index in [2.05, 4.69) is 0 Å². The van der Waals surface area contributed by atoms with Gasteiger partial charge in [0.2, 0.25) is 10.0 Å². The van der Waals surface area contributed by atoms with Crippen LogP contribution in [0.1, 0.15) is 40.9 Å². The maximum absolute atomic E-state index is 13.1. The SMILES string of the molecule is COc1ccc(S(=O)(=O)N2CCCCCC2)cc1C(=O)N(C)Cc1ccc(Cl)s1. The number of hydrogen-bond acceptors (Lipinski definition) is 5. The van der Waals surface area contributed by atoms with Gasteiger partial charge in [-0.15, -0.1) is 11.3 Å². The smallest absolute Gasteiger partial charge is 0.257 e. The maximum Gasteiger partial charge on any atom is 0.257 e. The Hall–Kier alpha value is -1.61. The van der Waals surface area contributed by atoms with E-state index < -0.39 is 10.0 Å². The number of carbonyl (C=O) groups excluding carboxylic acids is 1. The third-order valence-corrected chi connectivity index (χ3v) is 8.08. The van der Waals surface area contributed by atoms with E-state index >= 15 is 0 Å². The number of ether oxygens (including phenoxy) is 1. The fourth-order valence-electron chi connectivity index (χ4n) is 3.39. The van der Waals surface area contributed by atoms with Crippen LogP contribution in [0, 0.1) is 0 Å². The molecule has 29 heavy (non-hydrogen) atoms. The molecule has 6 nitrogen and oxygen atoms in total. The number of thiophene rings is 1. The minimum Gasteiger partial charge on any atom is -0.496 e. The van der Waals surface area contributed by atoms with Crippen molar-refractivity contribution < 1.29 is 17.9 Å². The Bertz CT molecular complexity index is 967. The van der Waals surface area contributed by atoms with Crippen molar-refractivity contribution in [2.75, 3.05) is 27.2 Å². The van der Waals surface area contributed by atoms with E-state index in [4.69, 9.17) is 16.3 Å². The molecule has 3 rings (SSSR count). The zero-order valence-corrected chi connectivity index (χ0v) is 18.9. The summed E-state index contributed by atoms with van der Waals surface area (Å²) in [4.78, 5) is 15.6. The molecular formula is C20H25ClN2O4S2. The highest BCUT2D eigenvalue weighted by Gasteiger charge is 2.27. The number of methoxy groups -OCH3 is 1. The first-order valence-electron chi connectivity index (χ1n) is 9.51. The van der Waals surface area contributed by atoms with Gasteiger partial charge in [0.25, 0.3) is 5.91 Å². The second-order valence-electron chi connectivity index (χ2n) is 7.05. The largest absolute Gasteiger partial charge is 0.496 e. The van der Waals surface area contributed by atoms with Crippen molar-refractivity contribution in [1.29, 1.82) is 0 Å². The van der Waals surface area contributed by atoms with Crippen molar-refractivity contribution in [3.63, 3.8) is 0 Å². The molecule has 0 atom stereocenters. The zero-order chi connectivity index (χ0) is 21.0. The van der Waals surface area contributed by atoms with E-state index in [0.29, 0.717) is 29.7 Å². The van der Waals surface area contributed by atoms with Crippen molar-refractivity contribution in [2.45, 2.75) is 37.1 Å². The lowest BCUT2D eigenvalue weighted by Crippen LogP contribution is -2.32. The first-order chi connectivity index (χ1) is 13.8. The van der Waals surface area contributed by atoms with E-state index in [0.717, 1.165) is 30.6 Å². The highest BCUT2D eigenvalue weighted by atomic mass is 35.5. The van der Waals surface area contributed by atoms with Gasteiger partial charge in [-0.05, 0) is 43.2 Å². The van der Waals surface area contributed by atoms with Crippen molar-refractivity contribution in [2.24, 2.45) is 0 Å². The Morgan fingerprint density at radius 1 is 1.17 bits per heavy atom. The molecule has 1 aliphatic heterocycles. The Kier molecular flexibility index (Phi) is 7.21. The summed E-state index contributed by atoms with van der Waals surface area (Å²) in [6.45, 7) is 1.40. The van der Waals surface area contributed by atoms with Gasteiger partial charge in [-0.25, -0.2) is 8.42 Å². The van der Waals surface area contributed by atoms with E-state index in [1.807, 2.05) is 6.07 Å². The molecule has 2 heterocycles. The lowest BCUT2D eigenvalue weighted by Gasteiger charge is -2.22. The van der Waals surface area contributed by atoms with Crippen molar-refractivity contribution in [3.05, 3.63) is 45.1 Å². The first-order valence-corrected chi connectivity index (χ1v) is 12.1. The van der Waals surface area contributed by atoms with Gasteiger partial charge in [0.15, 0.2) is 0 Å². The summed E-state index contributed by atoms with van der Waals surface area (Å²) in [6, 6.07) is 8.14. The third-order valence-electron chi connectivity index (χ3n) is 4.97. The monoisotopic (exact) mass is 456 g/mol. The van der Waals surface area contributed by atoms with E-state index in [-0.39, 0.29) is 16.4 Å². The quantitative estimate of drug-likeness (QED) is 0.651. The average molecular weight is 457 g/mol. The van der Waals surface area contributed by atoms with Crippen molar-refractivity contribution in [3.8, 4) is 5.75 Å². The van der Waals surface area contributed by atoms with Crippen LogP contribution in [0.5, 0.6) is 5.75 Å². The fourth-order valence-corrected chi connectivity index (χ4v) is 6.08. The van der Waals surface area contributed by atoms with E-state index in [1.54, 1.807) is 19.2 Å². The molecule has 0 aliphatic carbocycles. The van der Waals surface area contributed by atoms with Gasteiger partial charge in [-0.2, -0.15) is 4.31 Å². The molecule has 0 spiro atoms. The van der Waals surface area contributed by atoms with Crippen LogP contribution in [-0.2, 0) is 16.6 Å². The number of hydrogen-bond donors (Lipinski definition) is 0. The number of carbonyl (C=O) groups is 1. The molecule has 0 N–H and O–H groups in total. The normalized spacial score (nSPS) is 15.7. The Morgan fingerprint density at radius 2 is 1.86 bits per heavy atom. The van der Waals surface area contributed by atoms with Crippen LogP contribution in [0.2, 0.25) is 4.34 Å². The second-order valence-corrected chi connectivity index (χ2v) is 10.8. The van der Waals surface area contributed by atoms with Crippen LogP contribution >= 0.6 is 22.9 Å². The van der Waals surface area contributed by atoms with Crippen molar-refractivity contribution in [1.82, 2.24) is 9.21 Å². The molecule has 1 aromatic carbocycles. The summed E-state index contributed by atoms with van der Waals surface area (Å²) in [6.07, 6.45) is 3.78. The summed E-state index contributed by atoms with van der Waals surface area (Å²) >= 11 is 7.37. The molecule has 158 valence electrons. The van der Waals surface area contributed by atoms with Gasteiger partial charge in [0.1, 0.15) is 5.75 Å². The number of rotatable bonds is 6. The highest BCUT2D eigenvalue weighted by Crippen LogP contribution is 2.28. The summed E-state index contributed by atoms with van der Waals surface area (Å²) in [5.74, 6) is 0.0418. The molecule has 2 aromatic rings. The number of benzene rings is 1. The first kappa shape index (κ1) is 22.1. The van der Waals surface area contributed by atoms with Crippen LogP contribution in [-0.4, -0.2) is 50.8 Å². The number of nitrogens with zero attached hydrogens (tertiary/aromatic N) is 2. The van der Waals surface area contributed by atoms with E-state index in [1.165, 1.54) is 39.8 Å². The molecule has 1 aromatic heterocycles. The Morgan fingerprint density at radius 3 is 2.45 bits per heavy atom. The van der Waals surface area contributed by atoms with Crippen LogP contribution in [0.4, 0.5) is 0 Å².